The number of rotatable bonds is 10. The molecule has 1 N–H and O–H groups in total. The second-order valence-corrected chi connectivity index (χ2v) is 12.6. The number of nitrogens with one attached hydrogen (secondary N) is 1. The van der Waals surface area contributed by atoms with Crippen LogP contribution in [0.15, 0.2) is 71.7 Å². The zero-order valence-corrected chi connectivity index (χ0v) is 27.8. The SMILES string of the molecule is CN(Cc1ccc(F)c(Br)c1)C1CCN(C(=O)Cn2cc(NC(=O)c3cnn4cccnc34)c(-c3cc(Cl)ccc3OC(F)F)n2)CC1. The molecule has 5 aromatic rings. The molecule has 0 unspecified atom stereocenters. The van der Waals surface area contributed by atoms with E-state index in [0.29, 0.717) is 29.8 Å². The molecule has 1 aliphatic rings. The average Bonchev–Trinajstić information content (AvgIpc) is 3.67. The molecule has 0 bridgehead atoms. The first-order chi connectivity index (χ1) is 23.0. The zero-order valence-electron chi connectivity index (χ0n) is 25.5. The smallest absolute Gasteiger partial charge is 0.387 e. The first-order valence-electron chi connectivity index (χ1n) is 14.9. The third-order valence-electron chi connectivity index (χ3n) is 8.10. The van der Waals surface area contributed by atoms with Crippen LogP contribution in [0.25, 0.3) is 16.9 Å². The molecular weight excluding hydrogens is 717 g/mol. The molecule has 3 aromatic heterocycles. The number of piperidine rings is 1. The number of carbonyl (C=O) groups is 2. The van der Waals surface area contributed by atoms with Crippen LogP contribution in [0.3, 0.4) is 0 Å². The summed E-state index contributed by atoms with van der Waals surface area (Å²) >= 11 is 9.46. The van der Waals surface area contributed by atoms with Gasteiger partial charge in [0.2, 0.25) is 5.91 Å². The number of amides is 2. The van der Waals surface area contributed by atoms with Crippen LogP contribution < -0.4 is 10.1 Å². The van der Waals surface area contributed by atoms with Crippen LogP contribution >= 0.6 is 27.5 Å². The summed E-state index contributed by atoms with van der Waals surface area (Å²) in [5.74, 6) is -1.30. The highest BCUT2D eigenvalue weighted by Crippen LogP contribution is 2.37. The molecule has 2 amide bonds. The Morgan fingerprint density at radius 2 is 1.98 bits per heavy atom. The summed E-state index contributed by atoms with van der Waals surface area (Å²) in [6.07, 6.45) is 7.45. The summed E-state index contributed by atoms with van der Waals surface area (Å²) in [4.78, 5) is 35.0. The zero-order chi connectivity index (χ0) is 33.9. The minimum Gasteiger partial charge on any atom is -0.434 e. The lowest BCUT2D eigenvalue weighted by Crippen LogP contribution is -2.46. The van der Waals surface area contributed by atoms with Gasteiger partial charge in [-0.15, -0.1) is 0 Å². The van der Waals surface area contributed by atoms with E-state index in [2.05, 4.69) is 41.3 Å². The first kappa shape index (κ1) is 33.4. The van der Waals surface area contributed by atoms with E-state index in [1.165, 1.54) is 52.1 Å². The quantitative estimate of drug-likeness (QED) is 0.183. The highest BCUT2D eigenvalue weighted by molar-refractivity contribution is 9.10. The number of carbonyl (C=O) groups excluding carboxylic acids is 2. The fourth-order valence-corrected chi connectivity index (χ4v) is 6.30. The van der Waals surface area contributed by atoms with E-state index >= 15 is 0 Å². The molecule has 11 nitrogen and oxygen atoms in total. The maximum absolute atomic E-state index is 13.7. The minimum absolute atomic E-state index is 0.0755. The number of nitrogens with zero attached hydrogens (tertiary/aromatic N) is 7. The number of benzene rings is 2. The van der Waals surface area contributed by atoms with Crippen molar-refractivity contribution in [2.75, 3.05) is 25.5 Å². The van der Waals surface area contributed by atoms with E-state index in [4.69, 9.17) is 16.3 Å². The Morgan fingerprint density at radius 3 is 2.73 bits per heavy atom. The molecule has 0 spiro atoms. The maximum atomic E-state index is 13.7. The van der Waals surface area contributed by atoms with Gasteiger partial charge in [0.15, 0.2) is 5.65 Å². The third-order valence-corrected chi connectivity index (χ3v) is 8.94. The van der Waals surface area contributed by atoms with Gasteiger partial charge in [-0.2, -0.15) is 19.0 Å². The first-order valence-corrected chi connectivity index (χ1v) is 16.1. The fraction of sp³-hybridized carbons (Fsp3) is 0.281. The van der Waals surface area contributed by atoms with Gasteiger partial charge in [0.1, 0.15) is 29.4 Å². The fourth-order valence-electron chi connectivity index (χ4n) is 5.71. The van der Waals surface area contributed by atoms with Crippen LogP contribution in [0.1, 0.15) is 28.8 Å². The highest BCUT2D eigenvalue weighted by atomic mass is 79.9. The molecular formula is C32H29BrClF3N8O3. The van der Waals surface area contributed by atoms with Crippen molar-refractivity contribution in [2.24, 2.45) is 0 Å². The van der Waals surface area contributed by atoms with Gasteiger partial charge in [0, 0.05) is 54.9 Å². The van der Waals surface area contributed by atoms with Crippen LogP contribution in [0.4, 0.5) is 18.9 Å². The second-order valence-electron chi connectivity index (χ2n) is 11.3. The Kier molecular flexibility index (Phi) is 9.99. The van der Waals surface area contributed by atoms with Gasteiger partial charge in [0.05, 0.1) is 16.4 Å². The summed E-state index contributed by atoms with van der Waals surface area (Å²) in [5.41, 5.74) is 1.76. The van der Waals surface area contributed by atoms with Gasteiger partial charge >= 0.3 is 6.61 Å². The van der Waals surface area contributed by atoms with Crippen molar-refractivity contribution in [1.82, 2.24) is 34.2 Å². The van der Waals surface area contributed by atoms with Crippen molar-refractivity contribution in [3.05, 3.63) is 93.7 Å². The Hall–Kier alpha value is -4.47. The average molecular weight is 746 g/mol. The van der Waals surface area contributed by atoms with E-state index in [-0.39, 0.29) is 57.6 Å². The van der Waals surface area contributed by atoms with Crippen LogP contribution in [0, 0.1) is 5.82 Å². The molecule has 16 heteroatoms. The van der Waals surface area contributed by atoms with E-state index < -0.39 is 12.5 Å². The molecule has 4 heterocycles. The third kappa shape index (κ3) is 7.48. The number of alkyl halides is 2. The molecule has 250 valence electrons. The van der Waals surface area contributed by atoms with Gasteiger partial charge in [0.25, 0.3) is 5.91 Å². The summed E-state index contributed by atoms with van der Waals surface area (Å²) in [5, 5.41) is 11.7. The predicted molar refractivity (Wildman–Crippen MR) is 175 cm³/mol. The Labute approximate surface area is 286 Å². The number of fused-ring (bicyclic) bond motifs is 1. The molecule has 1 aliphatic heterocycles. The molecule has 0 atom stereocenters. The number of hydrogen-bond acceptors (Lipinski definition) is 7. The molecule has 0 radical (unpaired) electrons. The topological polar surface area (TPSA) is 110 Å². The van der Waals surface area contributed by atoms with E-state index in [0.717, 1.165) is 18.4 Å². The summed E-state index contributed by atoms with van der Waals surface area (Å²) in [7, 11) is 2.01. The number of aromatic nitrogens is 5. The monoisotopic (exact) mass is 744 g/mol. The number of anilines is 1. The van der Waals surface area contributed by atoms with Crippen LogP contribution in [-0.2, 0) is 17.9 Å². The predicted octanol–water partition coefficient (Wildman–Crippen LogP) is 6.12. The molecule has 0 aliphatic carbocycles. The summed E-state index contributed by atoms with van der Waals surface area (Å²) < 4.78 is 48.2. The van der Waals surface area contributed by atoms with Crippen LogP contribution in [0.5, 0.6) is 5.75 Å². The number of likely N-dealkylation sites (tertiary alicyclic amines) is 1. The van der Waals surface area contributed by atoms with Crippen molar-refractivity contribution in [2.45, 2.75) is 38.6 Å². The second kappa shape index (κ2) is 14.3. The van der Waals surface area contributed by atoms with Crippen molar-refractivity contribution < 1.29 is 27.5 Å². The largest absolute Gasteiger partial charge is 0.434 e. The van der Waals surface area contributed by atoms with Crippen molar-refractivity contribution in [3.8, 4) is 17.0 Å². The molecule has 6 rings (SSSR count). The van der Waals surface area contributed by atoms with Crippen LogP contribution in [-0.4, -0.2) is 78.8 Å². The lowest BCUT2D eigenvalue weighted by Gasteiger charge is -2.36. The van der Waals surface area contributed by atoms with Crippen molar-refractivity contribution in [3.63, 3.8) is 0 Å². The molecule has 2 aromatic carbocycles. The van der Waals surface area contributed by atoms with Gasteiger partial charge < -0.3 is 15.0 Å². The Morgan fingerprint density at radius 1 is 1.19 bits per heavy atom. The number of ether oxygens (including phenoxy) is 1. The molecule has 48 heavy (non-hydrogen) atoms. The van der Waals surface area contributed by atoms with E-state index in [1.54, 1.807) is 29.3 Å². The maximum Gasteiger partial charge on any atom is 0.387 e. The van der Waals surface area contributed by atoms with Gasteiger partial charge in [-0.25, -0.2) is 13.9 Å². The Balaban J connectivity index is 1.19. The highest BCUT2D eigenvalue weighted by Gasteiger charge is 2.27. The molecule has 1 fully saturated rings. The van der Waals surface area contributed by atoms with E-state index in [9.17, 15) is 22.8 Å². The van der Waals surface area contributed by atoms with Gasteiger partial charge in [-0.1, -0.05) is 17.7 Å². The van der Waals surface area contributed by atoms with Crippen molar-refractivity contribution >= 4 is 50.7 Å². The summed E-state index contributed by atoms with van der Waals surface area (Å²) in [6.45, 7) is -1.64. The molecule has 0 saturated carbocycles. The standard InChI is InChI=1S/C32H29BrClF3N8O3/c1-42(16-19-3-5-25(35)24(33)13-19)21-7-11-43(12-8-21)28(46)18-44-17-26(40-31(47)23-15-39-45-10-2-9-38-30(23)45)29(41-44)22-14-20(34)4-6-27(22)48-32(36)37/h2-6,9-10,13-15,17,21,32H,7-8,11-12,16,18H2,1H3,(H,40,47). The summed E-state index contributed by atoms with van der Waals surface area (Å²) in [6, 6.07) is 10.9. The Bertz CT molecular complexity index is 1960. The minimum atomic E-state index is -3.13. The molecule has 1 saturated heterocycles. The normalized spacial score (nSPS) is 13.9. The van der Waals surface area contributed by atoms with Crippen molar-refractivity contribution in [1.29, 1.82) is 0 Å². The number of hydrogen-bond donors (Lipinski definition) is 1. The van der Waals surface area contributed by atoms with E-state index in [1.807, 2.05) is 7.05 Å². The van der Waals surface area contributed by atoms with Crippen LogP contribution in [0.2, 0.25) is 5.02 Å². The lowest BCUT2D eigenvalue weighted by molar-refractivity contribution is -0.133. The van der Waals surface area contributed by atoms with Gasteiger partial charge in [-0.05, 0) is 77.8 Å². The lowest BCUT2D eigenvalue weighted by atomic mass is 10.0. The van der Waals surface area contributed by atoms with Gasteiger partial charge in [-0.3, -0.25) is 19.2 Å². The number of halogens is 5.